The van der Waals surface area contributed by atoms with Crippen LogP contribution in [0.5, 0.6) is 0 Å². The van der Waals surface area contributed by atoms with Gasteiger partial charge in [-0.1, -0.05) is 72.8 Å². The van der Waals surface area contributed by atoms with Gasteiger partial charge in [-0.15, -0.1) is 0 Å². The number of rotatable bonds is 15. The molecule has 0 saturated heterocycles. The molecule has 2 unspecified atom stereocenters. The summed E-state index contributed by atoms with van der Waals surface area (Å²) >= 11 is 0. The number of esters is 2. The van der Waals surface area contributed by atoms with Crippen molar-refractivity contribution in [3.63, 3.8) is 0 Å². The van der Waals surface area contributed by atoms with Crippen molar-refractivity contribution in [3.8, 4) is 0 Å². The van der Waals surface area contributed by atoms with E-state index in [1.54, 1.807) is 22.2 Å². The Balaban J connectivity index is 1.25. The van der Waals surface area contributed by atoms with Gasteiger partial charge in [0, 0.05) is 75.4 Å². The van der Waals surface area contributed by atoms with E-state index in [9.17, 15) is 19.2 Å². The minimum absolute atomic E-state index is 0.185. The molecule has 2 amide bonds. The second-order valence-corrected chi connectivity index (χ2v) is 11.2. The largest absolute Gasteiger partial charge is 0.461 e. The molecule has 0 saturated carbocycles. The summed E-state index contributed by atoms with van der Waals surface area (Å²) in [6, 6.07) is 18.9. The van der Waals surface area contributed by atoms with E-state index in [4.69, 9.17) is 9.47 Å². The normalized spacial score (nSPS) is 17.1. The predicted molar refractivity (Wildman–Crippen MR) is 174 cm³/mol. The molecule has 2 aromatic carbocycles. The smallest absolute Gasteiger partial charge is 0.306 e. The van der Waals surface area contributed by atoms with E-state index >= 15 is 0 Å². The Labute approximate surface area is 270 Å². The Morgan fingerprint density at radius 3 is 1.41 bits per heavy atom. The van der Waals surface area contributed by atoms with Crippen LogP contribution in [-0.2, 0) is 41.9 Å². The molecule has 0 fully saturated rings. The van der Waals surface area contributed by atoms with Crippen LogP contribution in [-0.4, -0.2) is 60.7 Å². The van der Waals surface area contributed by atoms with E-state index in [0.29, 0.717) is 37.1 Å². The van der Waals surface area contributed by atoms with Crippen molar-refractivity contribution in [2.24, 2.45) is 11.8 Å². The maximum atomic E-state index is 13.4. The Bertz CT molecular complexity index is 1360. The van der Waals surface area contributed by atoms with Gasteiger partial charge in [-0.3, -0.25) is 19.2 Å². The highest BCUT2D eigenvalue weighted by Gasteiger charge is 2.34. The van der Waals surface area contributed by atoms with Crippen molar-refractivity contribution in [1.29, 1.82) is 0 Å². The van der Waals surface area contributed by atoms with Gasteiger partial charge in [0.05, 0.1) is 0 Å². The lowest BCUT2D eigenvalue weighted by Crippen LogP contribution is -2.38. The number of carbonyl (C=O) groups is 4. The summed E-state index contributed by atoms with van der Waals surface area (Å²) in [6.45, 7) is 1.04. The van der Waals surface area contributed by atoms with Gasteiger partial charge in [-0.25, -0.2) is 0 Å². The predicted octanol–water partition coefficient (Wildman–Crippen LogP) is 4.18. The zero-order valence-electron chi connectivity index (χ0n) is 26.4. The Hall–Kier alpha value is -5.12. The Morgan fingerprint density at radius 1 is 0.630 bits per heavy atom. The zero-order valence-corrected chi connectivity index (χ0v) is 26.4. The lowest BCUT2D eigenvalue weighted by molar-refractivity contribution is -0.146. The first-order valence-electron chi connectivity index (χ1n) is 15.5. The quantitative estimate of drug-likeness (QED) is 0.223. The second kappa shape index (κ2) is 17.4. The molecule has 0 spiro atoms. The van der Waals surface area contributed by atoms with E-state index in [0.717, 1.165) is 11.1 Å². The molecule has 0 aromatic heterocycles. The maximum absolute atomic E-state index is 13.4. The van der Waals surface area contributed by atoms with Crippen LogP contribution in [0.3, 0.4) is 0 Å². The first-order valence-corrected chi connectivity index (χ1v) is 15.5. The van der Waals surface area contributed by atoms with Gasteiger partial charge in [-0.05, 0) is 36.4 Å². The van der Waals surface area contributed by atoms with Crippen LogP contribution in [0.4, 0.5) is 0 Å². The molecule has 46 heavy (non-hydrogen) atoms. The monoisotopic (exact) mass is 626 g/mol. The van der Waals surface area contributed by atoms with E-state index < -0.39 is 0 Å². The molecule has 242 valence electrons. The third-order valence-electron chi connectivity index (χ3n) is 7.54. The molecule has 2 N–H and O–H groups in total. The van der Waals surface area contributed by atoms with Crippen molar-refractivity contribution in [2.75, 3.05) is 27.2 Å². The Kier molecular flexibility index (Phi) is 12.8. The minimum Gasteiger partial charge on any atom is -0.461 e. The summed E-state index contributed by atoms with van der Waals surface area (Å²) in [5.41, 5.74) is 2.85. The molecule has 2 atom stereocenters. The Morgan fingerprint density at radius 2 is 1.02 bits per heavy atom. The first kappa shape index (κ1) is 33.8. The van der Waals surface area contributed by atoms with Gasteiger partial charge in [0.15, 0.2) is 0 Å². The molecule has 0 bridgehead atoms. The number of hydrogen-bond donors (Lipinski definition) is 2. The lowest BCUT2D eigenvalue weighted by atomic mass is 9.78. The average Bonchev–Trinajstić information content (AvgIpc) is 3.07. The fourth-order valence-electron chi connectivity index (χ4n) is 5.10. The molecular formula is C36H42N4O6. The molecule has 2 aliphatic heterocycles. The lowest BCUT2D eigenvalue weighted by Gasteiger charge is -2.32. The summed E-state index contributed by atoms with van der Waals surface area (Å²) < 4.78 is 10.6. The van der Waals surface area contributed by atoms with Gasteiger partial charge >= 0.3 is 11.9 Å². The number of allylic oxidation sites excluding steroid dienone is 2. The standard InChI is InChI=1S/C36H42N4O6/c1-39-21-17-29(31(23-39)35(43)37-19-9-15-33(41)45-25-27-11-5-3-6-12-27)30-18-22-40(2)24-32(30)36(44)38-20-10-16-34(42)46-26-28-13-7-4-8-14-28/h3-8,11-14,17-18,21-24,29-30H,9-10,15-16,19-20,25-26H2,1-2H3,(H,37,43)(H,38,44). The molecule has 10 nitrogen and oxygen atoms in total. The number of hydrogen-bond acceptors (Lipinski definition) is 8. The fraction of sp³-hybridized carbons (Fsp3) is 0.333. The number of nitrogens with one attached hydrogen (secondary N) is 2. The SMILES string of the molecule is CN1C=CC(C2C=CN(C)C=C2C(=O)NCCCC(=O)OCc2ccccc2)C(C(=O)NCCCC(=O)OCc2ccccc2)=C1. The van der Waals surface area contributed by atoms with Crippen molar-refractivity contribution in [1.82, 2.24) is 20.4 Å². The van der Waals surface area contributed by atoms with E-state index in [1.807, 2.05) is 99.3 Å². The summed E-state index contributed by atoms with van der Waals surface area (Å²) in [4.78, 5) is 54.6. The van der Waals surface area contributed by atoms with Crippen LogP contribution in [0.1, 0.15) is 36.8 Å². The first-order chi connectivity index (χ1) is 22.3. The third-order valence-corrected chi connectivity index (χ3v) is 7.54. The second-order valence-electron chi connectivity index (χ2n) is 11.2. The van der Waals surface area contributed by atoms with Crippen molar-refractivity contribution < 1.29 is 28.7 Å². The van der Waals surface area contributed by atoms with E-state index in [-0.39, 0.29) is 61.6 Å². The summed E-state index contributed by atoms with van der Waals surface area (Å²) in [5, 5.41) is 5.85. The highest BCUT2D eigenvalue weighted by molar-refractivity contribution is 5.97. The molecule has 10 heteroatoms. The molecule has 2 aliphatic rings. The van der Waals surface area contributed by atoms with Crippen molar-refractivity contribution in [2.45, 2.75) is 38.9 Å². The highest BCUT2D eigenvalue weighted by atomic mass is 16.5. The number of nitrogens with zero attached hydrogens (tertiary/aromatic N) is 2. The number of benzene rings is 2. The van der Waals surface area contributed by atoms with Crippen LogP contribution < -0.4 is 10.6 Å². The molecule has 0 aliphatic carbocycles. The molecule has 4 rings (SSSR count). The topological polar surface area (TPSA) is 117 Å². The zero-order chi connectivity index (χ0) is 32.7. The number of amides is 2. The number of carbonyl (C=O) groups excluding carboxylic acids is 4. The van der Waals surface area contributed by atoms with E-state index in [2.05, 4.69) is 10.6 Å². The van der Waals surface area contributed by atoms with E-state index in [1.165, 1.54) is 0 Å². The van der Waals surface area contributed by atoms with Crippen molar-refractivity contribution >= 4 is 23.8 Å². The van der Waals surface area contributed by atoms with Crippen molar-refractivity contribution in [3.05, 3.63) is 120 Å². The van der Waals surface area contributed by atoms with Gasteiger partial charge in [0.1, 0.15) is 13.2 Å². The minimum atomic E-state index is -0.387. The molecular weight excluding hydrogens is 584 g/mol. The summed E-state index contributed by atoms with van der Waals surface area (Å²) in [6.07, 6.45) is 12.3. The molecule has 2 heterocycles. The maximum Gasteiger partial charge on any atom is 0.306 e. The average molecular weight is 627 g/mol. The molecule has 0 radical (unpaired) electrons. The van der Waals surface area contributed by atoms with Crippen LogP contribution in [0, 0.1) is 11.8 Å². The summed E-state index contributed by atoms with van der Waals surface area (Å²) in [5.74, 6) is -1.95. The molecule has 2 aromatic rings. The van der Waals surface area contributed by atoms with Crippen LogP contribution in [0.25, 0.3) is 0 Å². The summed E-state index contributed by atoms with van der Waals surface area (Å²) in [7, 11) is 3.67. The fourth-order valence-corrected chi connectivity index (χ4v) is 5.10. The van der Waals surface area contributed by atoms with Gasteiger partial charge in [0.25, 0.3) is 0 Å². The van der Waals surface area contributed by atoms with Gasteiger partial charge in [-0.2, -0.15) is 0 Å². The van der Waals surface area contributed by atoms with Crippen LogP contribution in [0.2, 0.25) is 0 Å². The third kappa shape index (κ3) is 10.5. The van der Waals surface area contributed by atoms with Crippen LogP contribution >= 0.6 is 0 Å². The van der Waals surface area contributed by atoms with Gasteiger partial charge < -0.3 is 29.9 Å². The number of ether oxygens (including phenoxy) is 2. The highest BCUT2D eigenvalue weighted by Crippen LogP contribution is 2.34. The van der Waals surface area contributed by atoms with Crippen LogP contribution in [0.15, 0.2) is 109 Å². The van der Waals surface area contributed by atoms with Gasteiger partial charge in [0.2, 0.25) is 11.8 Å².